The molecule has 0 saturated carbocycles. The molecule has 1 heterocycles. The van der Waals surface area contributed by atoms with E-state index in [1.54, 1.807) is 30.5 Å². The molecule has 0 spiro atoms. The van der Waals surface area contributed by atoms with Gasteiger partial charge in [-0.3, -0.25) is 4.79 Å². The monoisotopic (exact) mass is 279 g/mol. The van der Waals surface area contributed by atoms with E-state index in [0.717, 1.165) is 16.0 Å². The van der Waals surface area contributed by atoms with Gasteiger partial charge >= 0.3 is 0 Å². The van der Waals surface area contributed by atoms with Crippen LogP contribution in [-0.4, -0.2) is 10.9 Å². The summed E-state index contributed by atoms with van der Waals surface area (Å²) in [5.41, 5.74) is 6.36. The maximum atomic E-state index is 13.7. The molecule has 0 fully saturated rings. The van der Waals surface area contributed by atoms with Crippen molar-refractivity contribution in [3.05, 3.63) is 45.2 Å². The molecule has 0 bridgehead atoms. The summed E-state index contributed by atoms with van der Waals surface area (Å²) in [4.78, 5) is 16.3. The van der Waals surface area contributed by atoms with Gasteiger partial charge in [0.25, 0.3) is 0 Å². The molecule has 100 valence electrons. The summed E-state index contributed by atoms with van der Waals surface area (Å²) >= 11 is 1.57. The van der Waals surface area contributed by atoms with Gasteiger partial charge in [-0.2, -0.15) is 0 Å². The number of halogens is 1. The predicted octanol–water partition coefficient (Wildman–Crippen LogP) is 2.61. The zero-order chi connectivity index (χ0) is 14.0. The van der Waals surface area contributed by atoms with Crippen LogP contribution < -0.4 is 11.1 Å². The van der Waals surface area contributed by atoms with Crippen molar-refractivity contribution in [3.8, 4) is 0 Å². The van der Waals surface area contributed by atoms with E-state index in [-0.39, 0.29) is 5.56 Å². The topological polar surface area (TPSA) is 68.0 Å². The average Bonchev–Trinajstić information content (AvgIpc) is 2.76. The molecule has 4 nitrogen and oxygen atoms in total. The predicted molar refractivity (Wildman–Crippen MR) is 73.8 cm³/mol. The van der Waals surface area contributed by atoms with Gasteiger partial charge < -0.3 is 11.1 Å². The molecule has 0 aliphatic carbocycles. The van der Waals surface area contributed by atoms with Gasteiger partial charge in [-0.25, -0.2) is 9.37 Å². The van der Waals surface area contributed by atoms with Crippen molar-refractivity contribution < 1.29 is 9.18 Å². The van der Waals surface area contributed by atoms with Crippen LogP contribution in [0.15, 0.2) is 18.3 Å². The normalized spacial score (nSPS) is 10.5. The quantitative estimate of drug-likeness (QED) is 0.904. The number of hydrogen-bond acceptors (Lipinski definition) is 4. The van der Waals surface area contributed by atoms with Crippen LogP contribution in [0, 0.1) is 19.7 Å². The highest BCUT2D eigenvalue weighted by Gasteiger charge is 2.10. The van der Waals surface area contributed by atoms with Gasteiger partial charge in [0.2, 0.25) is 5.91 Å². The molecule has 3 N–H and O–H groups in total. The molecule has 0 atom stereocenters. The SMILES string of the molecule is Cc1ncc(CNc2cc(C(N)=O)cc(F)c2C)s1. The van der Waals surface area contributed by atoms with Crippen molar-refractivity contribution in [1.29, 1.82) is 0 Å². The van der Waals surface area contributed by atoms with E-state index in [1.165, 1.54) is 0 Å². The van der Waals surface area contributed by atoms with Crippen LogP contribution in [0.3, 0.4) is 0 Å². The number of nitrogens with one attached hydrogen (secondary N) is 1. The Morgan fingerprint density at radius 1 is 1.47 bits per heavy atom. The van der Waals surface area contributed by atoms with Crippen molar-refractivity contribution in [2.75, 3.05) is 5.32 Å². The number of thiazole rings is 1. The first-order valence-corrected chi connectivity index (χ1v) is 6.54. The Morgan fingerprint density at radius 2 is 2.21 bits per heavy atom. The number of nitrogens with zero attached hydrogens (tertiary/aromatic N) is 1. The molecule has 6 heteroatoms. The lowest BCUT2D eigenvalue weighted by Crippen LogP contribution is -2.12. The fourth-order valence-electron chi connectivity index (χ4n) is 1.67. The first-order valence-electron chi connectivity index (χ1n) is 5.72. The van der Waals surface area contributed by atoms with Crippen LogP contribution in [-0.2, 0) is 6.54 Å². The Bertz CT molecular complexity index is 624. The third kappa shape index (κ3) is 3.08. The standard InChI is InChI=1S/C13H14FN3OS/c1-7-11(14)3-9(13(15)18)4-12(7)17-6-10-5-16-8(2)19-10/h3-5,17H,6H2,1-2H3,(H2,15,18). The third-order valence-corrected chi connectivity index (χ3v) is 3.66. The number of rotatable bonds is 4. The summed E-state index contributed by atoms with van der Waals surface area (Å²) in [5.74, 6) is -1.09. The third-order valence-electron chi connectivity index (χ3n) is 2.75. The summed E-state index contributed by atoms with van der Waals surface area (Å²) in [7, 11) is 0. The number of hydrogen-bond donors (Lipinski definition) is 2. The fourth-order valence-corrected chi connectivity index (χ4v) is 2.41. The van der Waals surface area contributed by atoms with Crippen LogP contribution in [0.25, 0.3) is 0 Å². The van der Waals surface area contributed by atoms with Crippen LogP contribution in [0.4, 0.5) is 10.1 Å². The van der Waals surface area contributed by atoms with Crippen molar-refractivity contribution in [3.63, 3.8) is 0 Å². The molecule has 19 heavy (non-hydrogen) atoms. The molecule has 0 saturated heterocycles. The van der Waals surface area contributed by atoms with Crippen molar-refractivity contribution >= 4 is 22.9 Å². The number of carbonyl (C=O) groups excluding carboxylic acids is 1. The largest absolute Gasteiger partial charge is 0.380 e. The van der Waals surface area contributed by atoms with Crippen LogP contribution >= 0.6 is 11.3 Å². The Hall–Kier alpha value is -1.95. The molecule has 2 aromatic rings. The van der Waals surface area contributed by atoms with Gasteiger partial charge in [0.15, 0.2) is 0 Å². The minimum atomic E-state index is -0.643. The van der Waals surface area contributed by atoms with Crippen LogP contribution in [0.2, 0.25) is 0 Å². The number of amides is 1. The second kappa shape index (κ2) is 5.36. The Morgan fingerprint density at radius 3 is 2.79 bits per heavy atom. The Labute approximate surface area is 114 Å². The van der Waals surface area contributed by atoms with E-state index < -0.39 is 11.7 Å². The van der Waals surface area contributed by atoms with Gasteiger partial charge in [-0.1, -0.05) is 0 Å². The summed E-state index contributed by atoms with van der Waals surface area (Å²) in [5, 5.41) is 4.08. The highest BCUT2D eigenvalue weighted by molar-refractivity contribution is 7.11. The first-order chi connectivity index (χ1) is 8.97. The van der Waals surface area contributed by atoms with E-state index in [9.17, 15) is 9.18 Å². The summed E-state index contributed by atoms with van der Waals surface area (Å²) < 4.78 is 13.7. The zero-order valence-electron chi connectivity index (χ0n) is 10.7. The molecule has 1 aromatic carbocycles. The Kier molecular flexibility index (Phi) is 3.80. The fraction of sp³-hybridized carbons (Fsp3) is 0.231. The van der Waals surface area contributed by atoms with E-state index >= 15 is 0 Å². The van der Waals surface area contributed by atoms with E-state index in [4.69, 9.17) is 5.73 Å². The van der Waals surface area contributed by atoms with Crippen LogP contribution in [0.5, 0.6) is 0 Å². The molecule has 0 radical (unpaired) electrons. The zero-order valence-corrected chi connectivity index (χ0v) is 11.5. The second-order valence-corrected chi connectivity index (χ2v) is 5.51. The van der Waals surface area contributed by atoms with Crippen molar-refractivity contribution in [2.45, 2.75) is 20.4 Å². The highest BCUT2D eigenvalue weighted by atomic mass is 32.1. The maximum Gasteiger partial charge on any atom is 0.248 e. The molecule has 0 aliphatic rings. The first kappa shape index (κ1) is 13.5. The van der Waals surface area contributed by atoms with Gasteiger partial charge in [0.1, 0.15) is 5.82 Å². The van der Waals surface area contributed by atoms with Gasteiger partial charge in [0.05, 0.1) is 11.6 Å². The van der Waals surface area contributed by atoms with Gasteiger partial charge in [-0.05, 0) is 26.0 Å². The minimum absolute atomic E-state index is 0.158. The van der Waals surface area contributed by atoms with Gasteiger partial charge in [0, 0.05) is 27.9 Å². The van der Waals surface area contributed by atoms with E-state index in [1.807, 2.05) is 6.92 Å². The molecule has 2 rings (SSSR count). The lowest BCUT2D eigenvalue weighted by Gasteiger charge is -2.10. The molecule has 1 amide bonds. The van der Waals surface area contributed by atoms with Crippen molar-refractivity contribution in [2.24, 2.45) is 5.73 Å². The Balaban J connectivity index is 2.21. The molecular weight excluding hydrogens is 265 g/mol. The number of primary amides is 1. The highest BCUT2D eigenvalue weighted by Crippen LogP contribution is 2.22. The number of aromatic nitrogens is 1. The minimum Gasteiger partial charge on any atom is -0.380 e. The number of anilines is 1. The van der Waals surface area contributed by atoms with E-state index in [2.05, 4.69) is 10.3 Å². The summed E-state index contributed by atoms with van der Waals surface area (Å²) in [6.07, 6.45) is 1.77. The van der Waals surface area contributed by atoms with Gasteiger partial charge in [-0.15, -0.1) is 11.3 Å². The summed E-state index contributed by atoms with van der Waals surface area (Å²) in [6, 6.07) is 2.72. The molecule has 1 aromatic heterocycles. The molecular formula is C13H14FN3OS. The number of carbonyl (C=O) groups is 1. The van der Waals surface area contributed by atoms with E-state index in [0.29, 0.717) is 17.8 Å². The second-order valence-electron chi connectivity index (χ2n) is 4.19. The number of nitrogens with two attached hydrogens (primary N) is 1. The lowest BCUT2D eigenvalue weighted by atomic mass is 10.1. The molecule has 0 aliphatic heterocycles. The summed E-state index contributed by atoms with van der Waals surface area (Å²) in [6.45, 7) is 4.11. The maximum absolute atomic E-state index is 13.7. The van der Waals surface area contributed by atoms with Crippen molar-refractivity contribution in [1.82, 2.24) is 4.98 Å². The van der Waals surface area contributed by atoms with Crippen LogP contribution in [0.1, 0.15) is 25.8 Å². The average molecular weight is 279 g/mol. The molecule has 0 unspecified atom stereocenters. The lowest BCUT2D eigenvalue weighted by molar-refractivity contribution is 0.1000. The number of aryl methyl sites for hydroxylation is 1. The number of benzene rings is 1. The smallest absolute Gasteiger partial charge is 0.248 e.